The Bertz CT molecular complexity index is 762. The molecule has 0 aliphatic carbocycles. The molecule has 0 aliphatic heterocycles. The predicted octanol–water partition coefficient (Wildman–Crippen LogP) is 4.40. The maximum atomic E-state index is 12.2. The zero-order valence-electron chi connectivity index (χ0n) is 15.8. The molecule has 0 aliphatic rings. The fraction of sp³-hybridized carbons (Fsp3) is 0.286. The van der Waals surface area contributed by atoms with Gasteiger partial charge in [0.15, 0.2) is 0 Å². The number of esters is 2. The van der Waals surface area contributed by atoms with E-state index in [0.29, 0.717) is 12.8 Å². The van der Waals surface area contributed by atoms with Gasteiger partial charge in [-0.2, -0.15) is 0 Å². The Morgan fingerprint density at radius 3 is 1.46 bits per heavy atom. The second kappa shape index (κ2) is 10.7. The lowest BCUT2D eigenvalue weighted by Crippen LogP contribution is -2.18. The molecule has 2 aromatic rings. The number of rotatable bonds is 8. The van der Waals surface area contributed by atoms with Gasteiger partial charge in [-0.05, 0) is 37.1 Å². The van der Waals surface area contributed by atoms with Gasteiger partial charge in [-0.3, -0.25) is 0 Å². The molecule has 2 aromatic carbocycles. The minimum atomic E-state index is -1.09. The third kappa shape index (κ3) is 5.84. The van der Waals surface area contributed by atoms with Crippen LogP contribution in [0.2, 0.25) is 0 Å². The van der Waals surface area contributed by atoms with E-state index < -0.39 is 18.1 Å². The molecule has 0 heterocycles. The number of para-hydroxylation sites is 2. The Hall–Kier alpha value is -3.35. The molecule has 0 saturated heterocycles. The normalized spacial score (nSPS) is 10.1. The highest BCUT2D eigenvalue weighted by Gasteiger charge is 2.20. The van der Waals surface area contributed by atoms with Crippen molar-refractivity contribution in [1.29, 1.82) is 0 Å². The fourth-order valence-corrected chi connectivity index (χ4v) is 2.19. The zero-order chi connectivity index (χ0) is 20.4. The van der Waals surface area contributed by atoms with Crippen LogP contribution in [0.15, 0.2) is 48.5 Å². The van der Waals surface area contributed by atoms with Gasteiger partial charge in [0.2, 0.25) is 0 Å². The second-order valence-electron chi connectivity index (χ2n) is 5.72. The van der Waals surface area contributed by atoms with Crippen LogP contribution in [0.5, 0.6) is 11.5 Å². The minimum Gasteiger partial charge on any atom is -0.462 e. The summed E-state index contributed by atoms with van der Waals surface area (Å²) in [6.45, 7) is 4.25. The van der Waals surface area contributed by atoms with Gasteiger partial charge in [-0.25, -0.2) is 14.4 Å². The van der Waals surface area contributed by atoms with Crippen LogP contribution in [0, 0.1) is 0 Å². The van der Waals surface area contributed by atoms with Crippen LogP contribution in [0.1, 0.15) is 47.4 Å². The van der Waals surface area contributed by atoms with E-state index in [2.05, 4.69) is 0 Å². The lowest BCUT2D eigenvalue weighted by atomic mass is 10.2. The molecule has 0 N–H and O–H groups in total. The first-order valence-electron chi connectivity index (χ1n) is 8.98. The molecule has 0 radical (unpaired) electrons. The Labute approximate surface area is 163 Å². The van der Waals surface area contributed by atoms with Crippen molar-refractivity contribution in [2.24, 2.45) is 0 Å². The van der Waals surface area contributed by atoms with E-state index in [1.54, 1.807) is 24.3 Å². The molecule has 0 spiro atoms. The number of hydrogen-bond acceptors (Lipinski definition) is 7. The topological polar surface area (TPSA) is 88.1 Å². The zero-order valence-corrected chi connectivity index (χ0v) is 15.8. The van der Waals surface area contributed by atoms with Crippen LogP contribution in [-0.2, 0) is 9.47 Å². The maximum absolute atomic E-state index is 12.2. The summed E-state index contributed by atoms with van der Waals surface area (Å²) in [7, 11) is 0. The SMILES string of the molecule is CCCOC(=O)c1ccccc1OC(=O)Oc1ccccc1C(=O)OCCC. The van der Waals surface area contributed by atoms with Crippen molar-refractivity contribution in [3.63, 3.8) is 0 Å². The number of carbonyl (C=O) groups excluding carboxylic acids is 3. The summed E-state index contributed by atoms with van der Waals surface area (Å²) in [6, 6.07) is 12.3. The van der Waals surface area contributed by atoms with Crippen LogP contribution in [0.25, 0.3) is 0 Å². The Balaban J connectivity index is 2.12. The van der Waals surface area contributed by atoms with Crippen molar-refractivity contribution in [2.45, 2.75) is 26.7 Å². The Kier molecular flexibility index (Phi) is 8.02. The monoisotopic (exact) mass is 386 g/mol. The average Bonchev–Trinajstić information content (AvgIpc) is 2.71. The smallest absolute Gasteiger partial charge is 0.462 e. The largest absolute Gasteiger partial charge is 0.519 e. The quantitative estimate of drug-likeness (QED) is 0.491. The third-order valence-electron chi connectivity index (χ3n) is 3.48. The molecule has 7 heteroatoms. The number of ether oxygens (including phenoxy) is 4. The second-order valence-corrected chi connectivity index (χ2v) is 5.72. The average molecular weight is 386 g/mol. The van der Waals surface area contributed by atoms with E-state index in [1.165, 1.54) is 24.3 Å². The first-order chi connectivity index (χ1) is 13.6. The van der Waals surface area contributed by atoms with Crippen molar-refractivity contribution in [3.8, 4) is 11.5 Å². The molecule has 0 atom stereocenters. The molecule has 0 amide bonds. The Morgan fingerprint density at radius 1 is 0.679 bits per heavy atom. The molecule has 2 rings (SSSR count). The molecular weight excluding hydrogens is 364 g/mol. The minimum absolute atomic E-state index is 0.000330. The molecule has 0 saturated carbocycles. The van der Waals surface area contributed by atoms with Gasteiger partial charge in [0.1, 0.15) is 22.6 Å². The predicted molar refractivity (Wildman–Crippen MR) is 101 cm³/mol. The highest BCUT2D eigenvalue weighted by Crippen LogP contribution is 2.23. The molecular formula is C21H22O7. The summed E-state index contributed by atoms with van der Waals surface area (Å²) >= 11 is 0. The van der Waals surface area contributed by atoms with Crippen LogP contribution in [0.4, 0.5) is 4.79 Å². The summed E-state index contributed by atoms with van der Waals surface area (Å²) < 4.78 is 20.5. The van der Waals surface area contributed by atoms with Crippen molar-refractivity contribution in [3.05, 3.63) is 59.7 Å². The van der Waals surface area contributed by atoms with E-state index in [-0.39, 0.29) is 35.8 Å². The van der Waals surface area contributed by atoms with E-state index in [4.69, 9.17) is 18.9 Å². The number of benzene rings is 2. The molecule has 7 nitrogen and oxygen atoms in total. The molecule has 148 valence electrons. The van der Waals surface area contributed by atoms with Crippen molar-refractivity contribution in [2.75, 3.05) is 13.2 Å². The van der Waals surface area contributed by atoms with Gasteiger partial charge in [0, 0.05) is 0 Å². The van der Waals surface area contributed by atoms with Crippen molar-refractivity contribution in [1.82, 2.24) is 0 Å². The molecule has 28 heavy (non-hydrogen) atoms. The fourth-order valence-electron chi connectivity index (χ4n) is 2.19. The lowest BCUT2D eigenvalue weighted by molar-refractivity contribution is 0.0494. The Morgan fingerprint density at radius 2 is 1.07 bits per heavy atom. The van der Waals surface area contributed by atoms with Crippen LogP contribution >= 0.6 is 0 Å². The van der Waals surface area contributed by atoms with E-state index >= 15 is 0 Å². The first-order valence-corrected chi connectivity index (χ1v) is 8.98. The van der Waals surface area contributed by atoms with Gasteiger partial charge in [-0.1, -0.05) is 38.1 Å². The summed E-state index contributed by atoms with van der Waals surface area (Å²) in [4.78, 5) is 36.4. The van der Waals surface area contributed by atoms with Crippen LogP contribution in [-0.4, -0.2) is 31.3 Å². The van der Waals surface area contributed by atoms with Gasteiger partial charge in [-0.15, -0.1) is 0 Å². The molecule has 0 fully saturated rings. The van der Waals surface area contributed by atoms with Crippen LogP contribution < -0.4 is 9.47 Å². The third-order valence-corrected chi connectivity index (χ3v) is 3.48. The van der Waals surface area contributed by atoms with Crippen LogP contribution in [0.3, 0.4) is 0 Å². The highest BCUT2D eigenvalue weighted by atomic mass is 16.7. The molecule has 0 unspecified atom stereocenters. The van der Waals surface area contributed by atoms with Gasteiger partial charge >= 0.3 is 18.1 Å². The summed E-state index contributed by atoms with van der Waals surface area (Å²) in [5, 5.41) is 0. The van der Waals surface area contributed by atoms with E-state index in [0.717, 1.165) is 0 Å². The van der Waals surface area contributed by atoms with Gasteiger partial charge < -0.3 is 18.9 Å². The molecule has 0 bridgehead atoms. The summed E-state index contributed by atoms with van der Waals surface area (Å²) in [5.41, 5.74) is 0.201. The molecule has 0 aromatic heterocycles. The van der Waals surface area contributed by atoms with Gasteiger partial charge in [0.25, 0.3) is 0 Å². The van der Waals surface area contributed by atoms with Gasteiger partial charge in [0.05, 0.1) is 13.2 Å². The highest BCUT2D eigenvalue weighted by molar-refractivity contribution is 5.94. The number of hydrogen-bond donors (Lipinski definition) is 0. The number of carbonyl (C=O) groups is 3. The standard InChI is InChI=1S/C21H22O7/c1-3-13-25-19(22)15-9-5-7-11-17(15)27-21(24)28-18-12-8-6-10-16(18)20(23)26-14-4-2/h5-12H,3-4,13-14H2,1-2H3. The van der Waals surface area contributed by atoms with E-state index in [1.807, 2.05) is 13.8 Å². The van der Waals surface area contributed by atoms with Crippen molar-refractivity contribution >= 4 is 18.1 Å². The maximum Gasteiger partial charge on any atom is 0.519 e. The summed E-state index contributed by atoms with van der Waals surface area (Å²) in [5.74, 6) is -1.21. The first kappa shape index (κ1) is 21.0. The summed E-state index contributed by atoms with van der Waals surface area (Å²) in [6.07, 6.45) is 0.246. The van der Waals surface area contributed by atoms with E-state index in [9.17, 15) is 14.4 Å². The van der Waals surface area contributed by atoms with Crippen molar-refractivity contribution < 1.29 is 33.3 Å². The lowest BCUT2D eigenvalue weighted by Gasteiger charge is -2.11.